The van der Waals surface area contributed by atoms with Gasteiger partial charge in [-0.3, -0.25) is 4.79 Å². The van der Waals surface area contributed by atoms with Gasteiger partial charge in [0.2, 0.25) is 0 Å². The van der Waals surface area contributed by atoms with Gasteiger partial charge in [-0.15, -0.1) is 0 Å². The van der Waals surface area contributed by atoms with Crippen LogP contribution in [0.25, 0.3) is 0 Å². The lowest BCUT2D eigenvalue weighted by molar-refractivity contribution is 0.0951. The lowest BCUT2D eigenvalue weighted by Gasteiger charge is -2.09. The zero-order valence-electron chi connectivity index (χ0n) is 16.2. The van der Waals surface area contributed by atoms with Gasteiger partial charge in [0.05, 0.1) is 10.6 Å². The van der Waals surface area contributed by atoms with Gasteiger partial charge in [-0.25, -0.2) is 8.42 Å². The maximum Gasteiger partial charge on any atom is 0.251 e. The monoisotopic (exact) mass is 388 g/mol. The topological polar surface area (TPSA) is 75.3 Å². The highest BCUT2D eigenvalue weighted by molar-refractivity contribution is 7.91. The van der Waals surface area contributed by atoms with E-state index in [9.17, 15) is 13.2 Å². The highest BCUT2D eigenvalue weighted by atomic mass is 32.2. The second-order valence-corrected chi connectivity index (χ2v) is 9.23. The number of hydrogen-bond acceptors (Lipinski definition) is 4. The van der Waals surface area contributed by atoms with Crippen LogP contribution >= 0.6 is 0 Å². The lowest BCUT2D eigenvalue weighted by atomic mass is 10.1. The number of amides is 1. The van der Waals surface area contributed by atoms with E-state index < -0.39 is 9.84 Å². The Kier molecular flexibility index (Phi) is 7.56. The van der Waals surface area contributed by atoms with Gasteiger partial charge in [0.15, 0.2) is 9.84 Å². The Morgan fingerprint density at radius 3 is 2.04 bits per heavy atom. The maximum atomic E-state index is 12.3. The van der Waals surface area contributed by atoms with E-state index >= 15 is 0 Å². The van der Waals surface area contributed by atoms with Crippen LogP contribution in [0.15, 0.2) is 53.4 Å². The molecule has 0 atom stereocenters. The fourth-order valence-electron chi connectivity index (χ4n) is 2.54. The number of carbonyl (C=O) groups excluding carboxylic acids is 1. The zero-order valence-corrected chi connectivity index (χ0v) is 17.0. The molecule has 0 saturated carbocycles. The normalized spacial score (nSPS) is 11.6. The molecule has 1 amide bonds. The Morgan fingerprint density at radius 2 is 1.48 bits per heavy atom. The Balaban J connectivity index is 1.88. The molecule has 0 spiro atoms. The third-order valence-corrected chi connectivity index (χ3v) is 5.96. The summed E-state index contributed by atoms with van der Waals surface area (Å²) >= 11 is 0. The molecule has 2 aromatic carbocycles. The number of hydrogen-bond donors (Lipinski definition) is 2. The predicted octanol–water partition coefficient (Wildman–Crippen LogP) is 3.16. The van der Waals surface area contributed by atoms with Crippen LogP contribution < -0.4 is 10.6 Å². The van der Waals surface area contributed by atoms with Crippen molar-refractivity contribution in [2.75, 3.05) is 12.3 Å². The Morgan fingerprint density at radius 1 is 0.926 bits per heavy atom. The van der Waals surface area contributed by atoms with Gasteiger partial charge in [-0.2, -0.15) is 0 Å². The molecule has 0 radical (unpaired) electrons. The summed E-state index contributed by atoms with van der Waals surface area (Å²) in [5, 5.41) is 6.23. The summed E-state index contributed by atoms with van der Waals surface area (Å²) in [6, 6.07) is 14.2. The van der Waals surface area contributed by atoms with E-state index in [1.165, 1.54) is 0 Å². The van der Waals surface area contributed by atoms with Crippen molar-refractivity contribution in [1.29, 1.82) is 0 Å². The van der Waals surface area contributed by atoms with E-state index in [-0.39, 0.29) is 11.7 Å². The van der Waals surface area contributed by atoms with E-state index in [2.05, 4.69) is 24.5 Å². The lowest BCUT2D eigenvalue weighted by Crippen LogP contribution is -2.23. The molecule has 0 fully saturated rings. The van der Waals surface area contributed by atoms with Crippen LogP contribution in [-0.2, 0) is 22.9 Å². The van der Waals surface area contributed by atoms with Crippen molar-refractivity contribution >= 4 is 15.7 Å². The van der Waals surface area contributed by atoms with E-state index in [1.807, 2.05) is 24.3 Å². The van der Waals surface area contributed by atoms with Crippen molar-refractivity contribution in [3.63, 3.8) is 0 Å². The minimum absolute atomic E-state index is 0.0755. The fraction of sp³-hybridized carbons (Fsp3) is 0.381. The van der Waals surface area contributed by atoms with Gasteiger partial charge in [0, 0.05) is 18.7 Å². The van der Waals surface area contributed by atoms with Crippen molar-refractivity contribution in [3.8, 4) is 0 Å². The van der Waals surface area contributed by atoms with E-state index in [0.29, 0.717) is 22.9 Å². The average molecular weight is 389 g/mol. The maximum absolute atomic E-state index is 12.3. The fourth-order valence-corrected chi connectivity index (χ4v) is 3.43. The molecular weight excluding hydrogens is 360 g/mol. The molecule has 0 bridgehead atoms. The standard InChI is InChI=1S/C21H28N2O3S/c1-4-27(25,26)20-11-7-18(8-12-20)15-23-21(24)19-9-5-17(6-10-19)14-22-13-16(2)3/h5-12,16,22H,4,13-15H2,1-3H3,(H,23,24). The smallest absolute Gasteiger partial charge is 0.251 e. The molecule has 0 saturated heterocycles. The first-order valence-corrected chi connectivity index (χ1v) is 10.9. The largest absolute Gasteiger partial charge is 0.348 e. The Bertz CT molecular complexity index is 842. The highest BCUT2D eigenvalue weighted by Gasteiger charge is 2.11. The summed E-state index contributed by atoms with van der Waals surface area (Å²) in [5.41, 5.74) is 2.60. The number of nitrogens with one attached hydrogen (secondary N) is 2. The van der Waals surface area contributed by atoms with E-state index in [1.54, 1.807) is 31.2 Å². The van der Waals surface area contributed by atoms with Crippen molar-refractivity contribution in [1.82, 2.24) is 10.6 Å². The summed E-state index contributed by atoms with van der Waals surface area (Å²) in [7, 11) is -3.20. The molecule has 2 aromatic rings. The van der Waals surface area contributed by atoms with Crippen LogP contribution in [0.2, 0.25) is 0 Å². The number of carbonyl (C=O) groups is 1. The quantitative estimate of drug-likeness (QED) is 0.692. The van der Waals surface area contributed by atoms with Crippen molar-refractivity contribution < 1.29 is 13.2 Å². The summed E-state index contributed by atoms with van der Waals surface area (Å²) < 4.78 is 23.6. The average Bonchev–Trinajstić information content (AvgIpc) is 2.66. The molecule has 2 rings (SSSR count). The Hall–Kier alpha value is -2.18. The molecule has 5 nitrogen and oxygen atoms in total. The van der Waals surface area contributed by atoms with Gasteiger partial charge in [-0.05, 0) is 47.9 Å². The molecule has 0 aliphatic carbocycles. The predicted molar refractivity (Wildman–Crippen MR) is 108 cm³/mol. The molecule has 27 heavy (non-hydrogen) atoms. The summed E-state index contributed by atoms with van der Waals surface area (Å²) in [6.45, 7) is 8.04. The van der Waals surface area contributed by atoms with Gasteiger partial charge < -0.3 is 10.6 Å². The van der Waals surface area contributed by atoms with Crippen LogP contribution in [0.5, 0.6) is 0 Å². The first-order valence-electron chi connectivity index (χ1n) is 9.21. The van der Waals surface area contributed by atoms with Crippen LogP contribution in [0, 0.1) is 5.92 Å². The minimum Gasteiger partial charge on any atom is -0.348 e. The molecule has 0 heterocycles. The van der Waals surface area contributed by atoms with Gasteiger partial charge in [0.25, 0.3) is 5.91 Å². The molecule has 6 heteroatoms. The zero-order chi connectivity index (χ0) is 19.9. The number of rotatable bonds is 9. The molecule has 146 valence electrons. The summed E-state index contributed by atoms with van der Waals surface area (Å²) in [6.07, 6.45) is 0. The number of benzene rings is 2. The van der Waals surface area contributed by atoms with E-state index in [4.69, 9.17) is 0 Å². The van der Waals surface area contributed by atoms with Gasteiger partial charge in [0.1, 0.15) is 0 Å². The molecule has 0 aliphatic heterocycles. The highest BCUT2D eigenvalue weighted by Crippen LogP contribution is 2.12. The molecule has 0 unspecified atom stereocenters. The van der Waals surface area contributed by atoms with Crippen molar-refractivity contribution in [2.24, 2.45) is 5.92 Å². The molecular formula is C21H28N2O3S. The van der Waals surface area contributed by atoms with Crippen molar-refractivity contribution in [3.05, 3.63) is 65.2 Å². The first-order chi connectivity index (χ1) is 12.8. The van der Waals surface area contributed by atoms with Gasteiger partial charge in [-0.1, -0.05) is 45.0 Å². The summed E-state index contributed by atoms with van der Waals surface area (Å²) in [4.78, 5) is 12.6. The van der Waals surface area contributed by atoms with Crippen LogP contribution in [0.3, 0.4) is 0 Å². The van der Waals surface area contributed by atoms with Crippen LogP contribution in [0.4, 0.5) is 0 Å². The van der Waals surface area contributed by atoms with Gasteiger partial charge >= 0.3 is 0 Å². The SMILES string of the molecule is CCS(=O)(=O)c1ccc(CNC(=O)c2ccc(CNCC(C)C)cc2)cc1. The molecule has 2 N–H and O–H groups in total. The minimum atomic E-state index is -3.20. The van der Waals surface area contributed by atoms with E-state index in [0.717, 1.165) is 24.2 Å². The molecule has 0 aliphatic rings. The second-order valence-electron chi connectivity index (χ2n) is 6.95. The molecule has 0 aromatic heterocycles. The third kappa shape index (κ3) is 6.48. The summed E-state index contributed by atoms with van der Waals surface area (Å²) in [5.74, 6) is 0.527. The second kappa shape index (κ2) is 9.67. The van der Waals surface area contributed by atoms with Crippen LogP contribution in [-0.4, -0.2) is 26.6 Å². The first kappa shape index (κ1) is 21.1. The van der Waals surface area contributed by atoms with Crippen LogP contribution in [0.1, 0.15) is 42.3 Å². The number of sulfone groups is 1. The Labute approximate surface area is 162 Å². The third-order valence-electron chi connectivity index (χ3n) is 4.21. The van der Waals surface area contributed by atoms with Crippen molar-refractivity contribution in [2.45, 2.75) is 38.8 Å².